The molecule has 0 aromatic carbocycles. The van der Waals surface area contributed by atoms with Gasteiger partial charge in [0, 0.05) is 11.5 Å². The van der Waals surface area contributed by atoms with Gasteiger partial charge < -0.3 is 0 Å². The van der Waals surface area contributed by atoms with Crippen molar-refractivity contribution in [1.29, 1.82) is 0 Å². The normalized spacial score (nSPS) is 7.25. The summed E-state index contributed by atoms with van der Waals surface area (Å²) in [4.78, 5) is 0. The Morgan fingerprint density at radius 1 is 1.00 bits per heavy atom. The highest BCUT2D eigenvalue weighted by atomic mass is 32.2. The van der Waals surface area contributed by atoms with Crippen molar-refractivity contribution >= 4 is 23.5 Å². The summed E-state index contributed by atoms with van der Waals surface area (Å²) >= 11 is 2.92. The largest absolute Gasteiger partial charge is 0.108 e. The topological polar surface area (TPSA) is 0 Å². The number of terminal acetylenes is 2. The zero-order chi connectivity index (χ0) is 6.24. The number of hydrogen-bond donors (Lipinski definition) is 0. The lowest BCUT2D eigenvalue weighted by Crippen LogP contribution is -1.76. The number of thioether (sulfide) groups is 2. The van der Waals surface area contributed by atoms with Gasteiger partial charge in [-0.05, 0) is 10.5 Å². The predicted octanol–water partition coefficient (Wildman–Crippen LogP) is 1.63. The summed E-state index contributed by atoms with van der Waals surface area (Å²) in [7, 11) is 0. The summed E-state index contributed by atoms with van der Waals surface area (Å²) < 4.78 is 0. The van der Waals surface area contributed by atoms with Gasteiger partial charge in [-0.25, -0.2) is 0 Å². The molecule has 0 fully saturated rings. The van der Waals surface area contributed by atoms with E-state index in [1.807, 2.05) is 0 Å². The molecule has 0 saturated heterocycles. The minimum atomic E-state index is 0.950. The summed E-state index contributed by atoms with van der Waals surface area (Å²) in [5.74, 6) is 1.90. The first-order valence-electron chi connectivity index (χ1n) is 2.06. The van der Waals surface area contributed by atoms with Crippen LogP contribution in [-0.2, 0) is 0 Å². The summed E-state index contributed by atoms with van der Waals surface area (Å²) in [6.07, 6.45) is 9.93. The van der Waals surface area contributed by atoms with Gasteiger partial charge in [0.05, 0.1) is 0 Å². The molecule has 0 aliphatic rings. The maximum atomic E-state index is 4.96. The van der Waals surface area contributed by atoms with Crippen LogP contribution < -0.4 is 0 Å². The Kier molecular flexibility index (Phi) is 6.67. The molecule has 0 aliphatic carbocycles. The van der Waals surface area contributed by atoms with Crippen LogP contribution in [0.1, 0.15) is 0 Å². The van der Waals surface area contributed by atoms with Crippen molar-refractivity contribution in [1.82, 2.24) is 0 Å². The molecular weight excluding hydrogens is 136 g/mol. The molecule has 0 unspecified atom stereocenters. The van der Waals surface area contributed by atoms with Gasteiger partial charge in [-0.3, -0.25) is 0 Å². The van der Waals surface area contributed by atoms with E-state index in [1.165, 1.54) is 23.5 Å². The lowest BCUT2D eigenvalue weighted by Gasteiger charge is -1.85. The summed E-state index contributed by atoms with van der Waals surface area (Å²) in [6, 6.07) is 0. The molecule has 0 aliphatic heterocycles. The third-order valence-corrected chi connectivity index (χ3v) is 1.86. The predicted molar refractivity (Wildman–Crippen MR) is 42.6 cm³/mol. The first-order chi connectivity index (χ1) is 3.91. The molecule has 0 saturated carbocycles. The van der Waals surface area contributed by atoms with Crippen LogP contribution in [0.3, 0.4) is 0 Å². The smallest absolute Gasteiger partial charge is 0.0157 e. The lowest BCUT2D eigenvalue weighted by molar-refractivity contribution is 1.57. The van der Waals surface area contributed by atoms with E-state index in [2.05, 4.69) is 10.5 Å². The van der Waals surface area contributed by atoms with Gasteiger partial charge >= 0.3 is 0 Å². The molecule has 0 nitrogen and oxygen atoms in total. The second-order valence-corrected chi connectivity index (χ2v) is 2.80. The fraction of sp³-hybridized carbons (Fsp3) is 0.333. The zero-order valence-electron chi connectivity index (χ0n) is 4.39. The average Bonchev–Trinajstić information content (AvgIpc) is 1.81. The van der Waals surface area contributed by atoms with E-state index in [1.54, 1.807) is 0 Å². The Morgan fingerprint density at radius 3 is 1.62 bits per heavy atom. The van der Waals surface area contributed by atoms with Crippen molar-refractivity contribution in [3.63, 3.8) is 0 Å². The Labute approximate surface area is 58.8 Å². The fourth-order valence-corrected chi connectivity index (χ4v) is 1.10. The third-order valence-electron chi connectivity index (χ3n) is 0.454. The van der Waals surface area contributed by atoms with Gasteiger partial charge in [-0.1, -0.05) is 23.5 Å². The quantitative estimate of drug-likeness (QED) is 0.434. The van der Waals surface area contributed by atoms with E-state index in [0.717, 1.165) is 11.5 Å². The maximum Gasteiger partial charge on any atom is 0.0157 e. The SMILES string of the molecule is C#CSCCSC#C. The molecule has 0 radical (unpaired) electrons. The lowest BCUT2D eigenvalue weighted by atomic mass is 11.0. The highest BCUT2D eigenvalue weighted by molar-refractivity contribution is 8.07. The molecule has 0 aromatic heterocycles. The molecule has 0 rings (SSSR count). The van der Waals surface area contributed by atoms with E-state index in [-0.39, 0.29) is 0 Å². The molecule has 2 heteroatoms. The highest BCUT2D eigenvalue weighted by Crippen LogP contribution is 2.02. The standard InChI is InChI=1S/C6H6S2/c1-3-7-5-6-8-4-2/h1-2H,5-6H2. The first-order valence-corrected chi connectivity index (χ1v) is 4.03. The average molecular weight is 142 g/mol. The molecule has 0 N–H and O–H groups in total. The molecule has 0 bridgehead atoms. The minimum Gasteiger partial charge on any atom is -0.108 e. The summed E-state index contributed by atoms with van der Waals surface area (Å²) in [5, 5.41) is 4.92. The molecule has 0 aromatic rings. The fourth-order valence-electron chi connectivity index (χ4n) is 0.201. The first kappa shape index (κ1) is 7.82. The summed E-state index contributed by atoms with van der Waals surface area (Å²) in [5.41, 5.74) is 0. The minimum absolute atomic E-state index is 0.950. The van der Waals surface area contributed by atoms with Crippen LogP contribution in [0.5, 0.6) is 0 Å². The van der Waals surface area contributed by atoms with Crippen LogP contribution in [0.4, 0.5) is 0 Å². The van der Waals surface area contributed by atoms with Crippen molar-refractivity contribution in [2.45, 2.75) is 0 Å². The summed E-state index contributed by atoms with van der Waals surface area (Å²) in [6.45, 7) is 0. The molecule has 8 heavy (non-hydrogen) atoms. The van der Waals surface area contributed by atoms with Gasteiger partial charge in [0.15, 0.2) is 0 Å². The maximum absolute atomic E-state index is 4.96. The van der Waals surface area contributed by atoms with Gasteiger partial charge in [-0.2, -0.15) is 0 Å². The van der Waals surface area contributed by atoms with E-state index >= 15 is 0 Å². The van der Waals surface area contributed by atoms with Gasteiger partial charge in [0.2, 0.25) is 0 Å². The van der Waals surface area contributed by atoms with Crippen molar-refractivity contribution in [3.8, 4) is 23.4 Å². The zero-order valence-corrected chi connectivity index (χ0v) is 6.02. The van der Waals surface area contributed by atoms with Crippen LogP contribution in [0, 0.1) is 23.4 Å². The monoisotopic (exact) mass is 142 g/mol. The van der Waals surface area contributed by atoms with E-state index in [4.69, 9.17) is 12.8 Å². The number of rotatable bonds is 3. The van der Waals surface area contributed by atoms with Crippen LogP contribution in [0.25, 0.3) is 0 Å². The van der Waals surface area contributed by atoms with Crippen LogP contribution in [0.15, 0.2) is 0 Å². The van der Waals surface area contributed by atoms with Crippen molar-refractivity contribution in [2.75, 3.05) is 11.5 Å². The third kappa shape index (κ3) is 5.82. The molecule has 0 amide bonds. The second-order valence-electron chi connectivity index (χ2n) is 0.933. The van der Waals surface area contributed by atoms with Crippen LogP contribution >= 0.6 is 23.5 Å². The van der Waals surface area contributed by atoms with E-state index < -0.39 is 0 Å². The highest BCUT2D eigenvalue weighted by Gasteiger charge is 1.80. The molecule has 0 spiro atoms. The van der Waals surface area contributed by atoms with Gasteiger partial charge in [0.25, 0.3) is 0 Å². The van der Waals surface area contributed by atoms with Crippen molar-refractivity contribution in [3.05, 3.63) is 0 Å². The Balaban J connectivity index is 2.77. The Morgan fingerprint density at radius 2 is 1.38 bits per heavy atom. The molecule has 0 heterocycles. The van der Waals surface area contributed by atoms with E-state index in [9.17, 15) is 0 Å². The Bertz CT molecular complexity index is 99.5. The molecular formula is C6H6S2. The number of hydrogen-bond acceptors (Lipinski definition) is 2. The van der Waals surface area contributed by atoms with Crippen LogP contribution in [-0.4, -0.2) is 11.5 Å². The van der Waals surface area contributed by atoms with Gasteiger partial charge in [0.1, 0.15) is 0 Å². The van der Waals surface area contributed by atoms with Crippen molar-refractivity contribution in [2.24, 2.45) is 0 Å². The van der Waals surface area contributed by atoms with Crippen LogP contribution in [0.2, 0.25) is 0 Å². The molecule has 0 atom stereocenters. The molecule has 42 valence electrons. The van der Waals surface area contributed by atoms with Gasteiger partial charge in [-0.15, -0.1) is 12.8 Å². The van der Waals surface area contributed by atoms with Crippen molar-refractivity contribution < 1.29 is 0 Å². The van der Waals surface area contributed by atoms with E-state index in [0.29, 0.717) is 0 Å². The Hall–Kier alpha value is -0.180. The second kappa shape index (κ2) is 6.82.